The maximum Gasteiger partial charge on any atom is 0.410 e. The van der Waals surface area contributed by atoms with Crippen molar-refractivity contribution >= 4 is 14.4 Å². The topological polar surface area (TPSA) is 59.0 Å². The second-order valence-corrected chi connectivity index (χ2v) is 13.1. The lowest BCUT2D eigenvalue weighted by Crippen LogP contribution is -2.46. The van der Waals surface area contributed by atoms with Gasteiger partial charge in [0.15, 0.2) is 8.32 Å². The van der Waals surface area contributed by atoms with E-state index in [4.69, 9.17) is 9.16 Å². The Morgan fingerprint density at radius 3 is 2.52 bits per heavy atom. The Bertz CT molecular complexity index is 571. The van der Waals surface area contributed by atoms with Gasteiger partial charge in [0.25, 0.3) is 0 Å². The first-order chi connectivity index (χ1) is 11.6. The standard InChI is InChI=1S/C19H31NO4Si/c1-19(2,3)25(4,5)24-14-16-11-17(21)12-20(16)18(22)23-13-15-9-7-6-8-10-15/h6-10,16-17,21H,11-14H2,1-5H3/t16-,17?/m0/s1. The minimum atomic E-state index is -1.89. The summed E-state index contributed by atoms with van der Waals surface area (Å²) in [5, 5.41) is 10.1. The van der Waals surface area contributed by atoms with Gasteiger partial charge in [-0.3, -0.25) is 0 Å². The number of benzene rings is 1. The Morgan fingerprint density at radius 2 is 1.92 bits per heavy atom. The molecule has 0 saturated carbocycles. The predicted octanol–water partition coefficient (Wildman–Crippen LogP) is 3.78. The molecule has 5 nitrogen and oxygen atoms in total. The average Bonchev–Trinajstić information content (AvgIpc) is 2.92. The zero-order chi connectivity index (χ0) is 18.7. The molecule has 25 heavy (non-hydrogen) atoms. The molecule has 1 saturated heterocycles. The molecule has 0 aromatic heterocycles. The van der Waals surface area contributed by atoms with Crippen LogP contribution in [-0.4, -0.2) is 49.7 Å². The van der Waals surface area contributed by atoms with Crippen LogP contribution in [0.5, 0.6) is 0 Å². The van der Waals surface area contributed by atoms with Crippen molar-refractivity contribution in [3.8, 4) is 0 Å². The number of ether oxygens (including phenoxy) is 1. The summed E-state index contributed by atoms with van der Waals surface area (Å²) in [4.78, 5) is 14.1. The van der Waals surface area contributed by atoms with Crippen molar-refractivity contribution in [2.45, 2.75) is 64.1 Å². The molecular formula is C19H31NO4Si. The number of hydrogen-bond donors (Lipinski definition) is 1. The van der Waals surface area contributed by atoms with Crippen molar-refractivity contribution in [1.29, 1.82) is 0 Å². The minimum absolute atomic E-state index is 0.114. The molecule has 1 unspecified atom stereocenters. The number of hydrogen-bond acceptors (Lipinski definition) is 4. The SMILES string of the molecule is CC(C)(C)[Si](C)(C)OC[C@@H]1CC(O)CN1C(=O)OCc1ccccc1. The van der Waals surface area contributed by atoms with Crippen LogP contribution < -0.4 is 0 Å². The summed E-state index contributed by atoms with van der Waals surface area (Å²) in [5.74, 6) is 0. The van der Waals surface area contributed by atoms with Gasteiger partial charge in [-0.25, -0.2) is 4.79 Å². The molecule has 1 fully saturated rings. The minimum Gasteiger partial charge on any atom is -0.445 e. The van der Waals surface area contributed by atoms with Crippen molar-refractivity contribution in [1.82, 2.24) is 4.90 Å². The van der Waals surface area contributed by atoms with Crippen molar-refractivity contribution in [2.75, 3.05) is 13.2 Å². The highest BCUT2D eigenvalue weighted by Gasteiger charge is 2.41. The fourth-order valence-electron chi connectivity index (χ4n) is 2.60. The Hall–Kier alpha value is -1.37. The molecule has 2 atom stereocenters. The van der Waals surface area contributed by atoms with Crippen LogP contribution in [0, 0.1) is 0 Å². The summed E-state index contributed by atoms with van der Waals surface area (Å²) in [7, 11) is -1.89. The molecule has 1 aromatic carbocycles. The largest absolute Gasteiger partial charge is 0.445 e. The summed E-state index contributed by atoms with van der Waals surface area (Å²) >= 11 is 0. The maximum atomic E-state index is 12.4. The lowest BCUT2D eigenvalue weighted by atomic mass is 10.2. The molecule has 1 aliphatic heterocycles. The van der Waals surface area contributed by atoms with E-state index in [2.05, 4.69) is 33.9 Å². The average molecular weight is 366 g/mol. The highest BCUT2D eigenvalue weighted by molar-refractivity contribution is 6.74. The van der Waals surface area contributed by atoms with Crippen LogP contribution in [-0.2, 0) is 15.8 Å². The van der Waals surface area contributed by atoms with E-state index in [0.717, 1.165) is 5.56 Å². The van der Waals surface area contributed by atoms with Crippen molar-refractivity contribution in [3.05, 3.63) is 35.9 Å². The van der Waals surface area contributed by atoms with Gasteiger partial charge in [-0.05, 0) is 30.1 Å². The molecule has 1 N–H and O–H groups in total. The second-order valence-electron chi connectivity index (χ2n) is 8.31. The number of carbonyl (C=O) groups excluding carboxylic acids is 1. The van der Waals surface area contributed by atoms with Gasteiger partial charge in [0.05, 0.1) is 25.3 Å². The molecule has 2 rings (SSSR count). The van der Waals surface area contributed by atoms with Crippen LogP contribution in [0.15, 0.2) is 30.3 Å². The molecule has 1 aromatic rings. The first kappa shape index (κ1) is 19.9. The number of aliphatic hydroxyl groups excluding tert-OH is 1. The van der Waals surface area contributed by atoms with Crippen molar-refractivity contribution in [2.24, 2.45) is 0 Å². The van der Waals surface area contributed by atoms with E-state index in [1.54, 1.807) is 4.90 Å². The molecule has 0 bridgehead atoms. The maximum absolute atomic E-state index is 12.4. The molecule has 1 aliphatic rings. The van der Waals surface area contributed by atoms with Gasteiger partial charge >= 0.3 is 6.09 Å². The molecule has 0 spiro atoms. The van der Waals surface area contributed by atoms with E-state index in [-0.39, 0.29) is 23.8 Å². The number of amides is 1. The van der Waals surface area contributed by atoms with Crippen LogP contribution >= 0.6 is 0 Å². The van der Waals surface area contributed by atoms with Crippen LogP contribution in [0.4, 0.5) is 4.79 Å². The van der Waals surface area contributed by atoms with E-state index in [0.29, 0.717) is 19.6 Å². The molecule has 140 valence electrons. The highest BCUT2D eigenvalue weighted by atomic mass is 28.4. The zero-order valence-corrected chi connectivity index (χ0v) is 17.0. The number of nitrogens with zero attached hydrogens (tertiary/aromatic N) is 1. The monoisotopic (exact) mass is 365 g/mol. The van der Waals surface area contributed by atoms with Gasteiger partial charge in [0, 0.05) is 0 Å². The first-order valence-electron chi connectivity index (χ1n) is 8.89. The fourth-order valence-corrected chi connectivity index (χ4v) is 3.64. The number of aliphatic hydroxyl groups is 1. The van der Waals surface area contributed by atoms with Gasteiger partial charge in [0.1, 0.15) is 6.61 Å². The number of β-amino-alcohol motifs (C(OH)–C–C–N with tert-alkyl or cyclic N) is 1. The van der Waals surface area contributed by atoms with Crippen LogP contribution in [0.2, 0.25) is 18.1 Å². The number of likely N-dealkylation sites (tertiary alicyclic amines) is 1. The fraction of sp³-hybridized carbons (Fsp3) is 0.632. The Balaban J connectivity index is 1.93. The molecule has 1 heterocycles. The van der Waals surface area contributed by atoms with E-state index >= 15 is 0 Å². The van der Waals surface area contributed by atoms with Gasteiger partial charge < -0.3 is 19.2 Å². The Morgan fingerprint density at radius 1 is 1.28 bits per heavy atom. The predicted molar refractivity (Wildman–Crippen MR) is 101 cm³/mol. The van der Waals surface area contributed by atoms with Crippen LogP contribution in [0.25, 0.3) is 0 Å². The quantitative estimate of drug-likeness (QED) is 0.807. The van der Waals surface area contributed by atoms with Crippen LogP contribution in [0.3, 0.4) is 0 Å². The summed E-state index contributed by atoms with van der Waals surface area (Å²) in [6, 6.07) is 9.47. The van der Waals surface area contributed by atoms with Gasteiger partial charge in [-0.15, -0.1) is 0 Å². The highest BCUT2D eigenvalue weighted by Crippen LogP contribution is 2.37. The third-order valence-electron chi connectivity index (χ3n) is 5.27. The number of carbonyl (C=O) groups is 1. The number of rotatable bonds is 5. The molecule has 1 amide bonds. The summed E-state index contributed by atoms with van der Waals surface area (Å²) in [6.45, 7) is 11.9. The van der Waals surface area contributed by atoms with Gasteiger partial charge in [-0.2, -0.15) is 0 Å². The van der Waals surface area contributed by atoms with Crippen LogP contribution in [0.1, 0.15) is 32.8 Å². The van der Waals surface area contributed by atoms with Crippen molar-refractivity contribution < 1.29 is 19.1 Å². The van der Waals surface area contributed by atoms with Gasteiger partial charge in [0.2, 0.25) is 0 Å². The third-order valence-corrected chi connectivity index (χ3v) is 9.78. The van der Waals surface area contributed by atoms with E-state index < -0.39 is 14.4 Å². The normalized spacial score (nSPS) is 21.4. The summed E-state index contributed by atoms with van der Waals surface area (Å²) in [5.41, 5.74) is 0.949. The Labute approximate surface area is 152 Å². The summed E-state index contributed by atoms with van der Waals surface area (Å²) in [6.07, 6.45) is -0.365. The summed E-state index contributed by atoms with van der Waals surface area (Å²) < 4.78 is 11.7. The molecular weight excluding hydrogens is 334 g/mol. The molecule has 6 heteroatoms. The van der Waals surface area contributed by atoms with E-state index in [1.165, 1.54) is 0 Å². The molecule has 0 radical (unpaired) electrons. The van der Waals surface area contributed by atoms with E-state index in [9.17, 15) is 9.90 Å². The first-order valence-corrected chi connectivity index (χ1v) is 11.8. The van der Waals surface area contributed by atoms with Crippen molar-refractivity contribution in [3.63, 3.8) is 0 Å². The third kappa shape index (κ3) is 5.30. The smallest absolute Gasteiger partial charge is 0.410 e. The second kappa shape index (κ2) is 7.89. The zero-order valence-electron chi connectivity index (χ0n) is 16.0. The van der Waals surface area contributed by atoms with E-state index in [1.807, 2.05) is 30.3 Å². The molecule has 0 aliphatic carbocycles. The lowest BCUT2D eigenvalue weighted by molar-refractivity contribution is 0.0783. The Kier molecular flexibility index (Phi) is 6.29. The van der Waals surface area contributed by atoms with Gasteiger partial charge in [-0.1, -0.05) is 51.1 Å². The lowest BCUT2D eigenvalue weighted by Gasteiger charge is -2.37.